The van der Waals surface area contributed by atoms with Crippen LogP contribution in [0.1, 0.15) is 64.2 Å². The molecule has 0 spiro atoms. The molecule has 2 aromatic rings. The maximum absolute atomic E-state index is 14.6. The van der Waals surface area contributed by atoms with Crippen molar-refractivity contribution >= 4 is 17.7 Å². The molecular weight excluding hydrogens is 454 g/mol. The Morgan fingerprint density at radius 1 is 1.00 bits per heavy atom. The van der Waals surface area contributed by atoms with Gasteiger partial charge in [-0.2, -0.15) is 5.26 Å². The molecule has 0 aromatic heterocycles. The third-order valence-corrected chi connectivity index (χ3v) is 7.18. The number of nitrogens with one attached hydrogen (secondary N) is 1. The molecule has 3 amide bonds. The number of amides is 3. The van der Waals surface area contributed by atoms with Crippen LogP contribution in [-0.4, -0.2) is 46.7 Å². The fourth-order valence-corrected chi connectivity index (χ4v) is 5.48. The minimum absolute atomic E-state index is 0.0485. The number of hydrogen-bond donors (Lipinski definition) is 1. The van der Waals surface area contributed by atoms with Gasteiger partial charge in [0.2, 0.25) is 11.8 Å². The summed E-state index contributed by atoms with van der Waals surface area (Å²) < 4.78 is 28.3. The molecule has 1 N–H and O–H groups in total. The predicted octanol–water partition coefficient (Wildman–Crippen LogP) is 2.98. The minimum atomic E-state index is -0.741. The van der Waals surface area contributed by atoms with Gasteiger partial charge in [-0.15, -0.1) is 0 Å². The predicted molar refractivity (Wildman–Crippen MR) is 121 cm³/mol. The topological polar surface area (TPSA) is 93.5 Å². The Hall–Kier alpha value is -3.64. The zero-order chi connectivity index (χ0) is 24.7. The van der Waals surface area contributed by atoms with E-state index in [4.69, 9.17) is 5.26 Å². The summed E-state index contributed by atoms with van der Waals surface area (Å²) in [5.41, 5.74) is 2.85. The van der Waals surface area contributed by atoms with Crippen LogP contribution in [-0.2, 0) is 22.7 Å². The zero-order valence-corrected chi connectivity index (χ0v) is 19.0. The normalized spacial score (nSPS) is 21.1. The molecule has 0 aliphatic carbocycles. The van der Waals surface area contributed by atoms with Crippen molar-refractivity contribution in [2.45, 2.75) is 50.7 Å². The van der Waals surface area contributed by atoms with Gasteiger partial charge in [0, 0.05) is 25.1 Å². The van der Waals surface area contributed by atoms with Crippen LogP contribution >= 0.6 is 0 Å². The maximum Gasteiger partial charge on any atom is 0.255 e. The lowest BCUT2D eigenvalue weighted by molar-refractivity contribution is -0.136. The number of carbonyl (C=O) groups excluding carboxylic acids is 3. The Bertz CT molecular complexity index is 1260. The van der Waals surface area contributed by atoms with Gasteiger partial charge in [-0.3, -0.25) is 24.6 Å². The smallest absolute Gasteiger partial charge is 0.255 e. The second-order valence-electron chi connectivity index (χ2n) is 9.43. The minimum Gasteiger partial charge on any atom is -0.322 e. The number of hydrogen-bond acceptors (Lipinski definition) is 5. The molecule has 9 heteroatoms. The molecule has 7 nitrogen and oxygen atoms in total. The first-order valence-corrected chi connectivity index (χ1v) is 11.7. The van der Waals surface area contributed by atoms with Crippen LogP contribution in [0.5, 0.6) is 0 Å². The highest BCUT2D eigenvalue weighted by Crippen LogP contribution is 2.38. The van der Waals surface area contributed by atoms with Gasteiger partial charge in [-0.05, 0) is 85.3 Å². The van der Waals surface area contributed by atoms with Crippen molar-refractivity contribution in [1.82, 2.24) is 15.1 Å². The lowest BCUT2D eigenvalue weighted by Gasteiger charge is -2.33. The summed E-state index contributed by atoms with van der Waals surface area (Å²) in [4.78, 5) is 40.5. The first-order valence-electron chi connectivity index (χ1n) is 11.7. The van der Waals surface area contributed by atoms with Crippen molar-refractivity contribution in [3.63, 3.8) is 0 Å². The molecule has 5 rings (SSSR count). The molecule has 3 aliphatic heterocycles. The monoisotopic (exact) mass is 478 g/mol. The fraction of sp³-hybridized carbons (Fsp3) is 0.385. The van der Waals surface area contributed by atoms with Crippen molar-refractivity contribution in [2.24, 2.45) is 0 Å². The van der Waals surface area contributed by atoms with Gasteiger partial charge in [0.05, 0.1) is 11.6 Å². The van der Waals surface area contributed by atoms with E-state index in [9.17, 15) is 23.2 Å². The number of halogens is 2. The summed E-state index contributed by atoms with van der Waals surface area (Å²) >= 11 is 0. The van der Waals surface area contributed by atoms with Crippen LogP contribution in [0.15, 0.2) is 30.3 Å². The van der Waals surface area contributed by atoms with Crippen LogP contribution in [0.25, 0.3) is 0 Å². The second kappa shape index (κ2) is 9.19. The van der Waals surface area contributed by atoms with Crippen LogP contribution in [0.3, 0.4) is 0 Å². The largest absolute Gasteiger partial charge is 0.322 e. The van der Waals surface area contributed by atoms with Crippen molar-refractivity contribution < 1.29 is 23.2 Å². The first-order chi connectivity index (χ1) is 16.8. The zero-order valence-electron chi connectivity index (χ0n) is 19.0. The van der Waals surface area contributed by atoms with Crippen molar-refractivity contribution in [3.8, 4) is 6.07 Å². The Morgan fingerprint density at radius 3 is 2.46 bits per heavy atom. The van der Waals surface area contributed by atoms with E-state index in [-0.39, 0.29) is 48.2 Å². The second-order valence-corrected chi connectivity index (χ2v) is 9.43. The highest BCUT2D eigenvalue weighted by atomic mass is 19.1. The Balaban J connectivity index is 1.31. The van der Waals surface area contributed by atoms with Gasteiger partial charge in [0.15, 0.2) is 0 Å². The molecule has 180 valence electrons. The standard InChI is InChI=1S/C26H24F2N4O3/c27-18-8-15(12-29)7-16(9-18)13-31-5-3-17(4-6-31)20-10-19(28)11-21-22(20)14-32(26(21)35)23-1-2-24(33)30-25(23)34/h7-11,17,23H,1-6,13-14H2,(H,30,33,34). The molecule has 3 aliphatic rings. The number of nitrogens with zero attached hydrogens (tertiary/aromatic N) is 3. The summed E-state index contributed by atoms with van der Waals surface area (Å²) in [6.07, 6.45) is 1.90. The van der Waals surface area contributed by atoms with Gasteiger partial charge in [0.25, 0.3) is 5.91 Å². The number of fused-ring (bicyclic) bond motifs is 1. The van der Waals surface area contributed by atoms with E-state index in [0.29, 0.717) is 19.6 Å². The average Bonchev–Trinajstić information content (AvgIpc) is 3.14. The molecule has 2 fully saturated rings. The molecule has 1 unspecified atom stereocenters. The van der Waals surface area contributed by atoms with Gasteiger partial charge < -0.3 is 4.90 Å². The number of rotatable bonds is 4. The summed E-state index contributed by atoms with van der Waals surface area (Å²) in [6, 6.07) is 8.28. The summed E-state index contributed by atoms with van der Waals surface area (Å²) in [7, 11) is 0. The maximum atomic E-state index is 14.6. The summed E-state index contributed by atoms with van der Waals surface area (Å²) in [6.45, 7) is 2.15. The molecule has 0 saturated carbocycles. The van der Waals surface area contributed by atoms with E-state index < -0.39 is 23.6 Å². The molecule has 3 heterocycles. The number of likely N-dealkylation sites (tertiary alicyclic amines) is 1. The molecule has 2 saturated heterocycles. The quantitative estimate of drug-likeness (QED) is 0.682. The summed E-state index contributed by atoms with van der Waals surface area (Å²) in [5, 5.41) is 11.4. The van der Waals surface area contributed by atoms with E-state index in [1.165, 1.54) is 29.2 Å². The van der Waals surface area contributed by atoms with E-state index >= 15 is 0 Å². The van der Waals surface area contributed by atoms with E-state index in [1.54, 1.807) is 6.07 Å². The summed E-state index contributed by atoms with van der Waals surface area (Å²) in [5.74, 6) is -2.09. The van der Waals surface area contributed by atoms with Crippen LogP contribution in [0, 0.1) is 23.0 Å². The highest BCUT2D eigenvalue weighted by molar-refractivity contribution is 6.05. The van der Waals surface area contributed by atoms with Crippen molar-refractivity contribution in [1.29, 1.82) is 5.26 Å². The van der Waals surface area contributed by atoms with E-state index in [0.717, 1.165) is 29.5 Å². The number of carbonyl (C=O) groups is 3. The molecule has 0 radical (unpaired) electrons. The number of piperidine rings is 2. The Labute approximate surface area is 201 Å². The first kappa shape index (κ1) is 23.1. The van der Waals surface area contributed by atoms with Crippen molar-refractivity contribution in [3.05, 3.63) is 69.8 Å². The average molecular weight is 478 g/mol. The Kier molecular flexibility index (Phi) is 6.07. The third kappa shape index (κ3) is 4.54. The molecular formula is C26H24F2N4O3. The highest BCUT2D eigenvalue weighted by Gasteiger charge is 2.41. The lowest BCUT2D eigenvalue weighted by atomic mass is 9.85. The van der Waals surface area contributed by atoms with Gasteiger partial charge >= 0.3 is 0 Å². The SMILES string of the molecule is N#Cc1cc(F)cc(CN2CCC(c3cc(F)cc4c3CN(C3CCC(=O)NC3=O)C4=O)CC2)c1. The number of benzene rings is 2. The molecule has 2 aromatic carbocycles. The van der Waals surface area contributed by atoms with E-state index in [2.05, 4.69) is 10.2 Å². The fourth-order valence-electron chi connectivity index (χ4n) is 5.48. The van der Waals surface area contributed by atoms with Crippen LogP contribution in [0.2, 0.25) is 0 Å². The molecule has 1 atom stereocenters. The van der Waals surface area contributed by atoms with Crippen LogP contribution < -0.4 is 5.32 Å². The molecule has 35 heavy (non-hydrogen) atoms. The number of nitriles is 1. The Morgan fingerprint density at radius 2 is 1.74 bits per heavy atom. The third-order valence-electron chi connectivity index (χ3n) is 7.18. The molecule has 0 bridgehead atoms. The van der Waals surface area contributed by atoms with Crippen LogP contribution in [0.4, 0.5) is 8.78 Å². The number of imide groups is 1. The van der Waals surface area contributed by atoms with Gasteiger partial charge in [-0.25, -0.2) is 8.78 Å². The van der Waals surface area contributed by atoms with Gasteiger partial charge in [0.1, 0.15) is 17.7 Å². The van der Waals surface area contributed by atoms with Gasteiger partial charge in [-0.1, -0.05) is 0 Å². The van der Waals surface area contributed by atoms with Crippen molar-refractivity contribution in [2.75, 3.05) is 13.1 Å². The van der Waals surface area contributed by atoms with E-state index in [1.807, 2.05) is 6.07 Å². The lowest BCUT2D eigenvalue weighted by Crippen LogP contribution is -2.52.